The van der Waals surface area contributed by atoms with E-state index in [2.05, 4.69) is 31.2 Å². The highest BCUT2D eigenvalue weighted by Crippen LogP contribution is 2.22. The molecule has 5 heteroatoms. The van der Waals surface area contributed by atoms with Gasteiger partial charge in [0.25, 0.3) is 0 Å². The molecule has 1 aliphatic carbocycles. The third-order valence-corrected chi connectivity index (χ3v) is 4.27. The van der Waals surface area contributed by atoms with Gasteiger partial charge in [-0.3, -0.25) is 9.97 Å². The van der Waals surface area contributed by atoms with E-state index in [-0.39, 0.29) is 0 Å². The third kappa shape index (κ3) is 3.92. The van der Waals surface area contributed by atoms with Crippen molar-refractivity contribution in [2.24, 2.45) is 0 Å². The fourth-order valence-corrected chi connectivity index (χ4v) is 3.07. The summed E-state index contributed by atoms with van der Waals surface area (Å²) in [4.78, 5) is 8.78. The van der Waals surface area contributed by atoms with E-state index in [0.717, 1.165) is 40.8 Å². The Kier molecular flexibility index (Phi) is 5.04. The molecule has 21 heavy (non-hydrogen) atoms. The van der Waals surface area contributed by atoms with Crippen LogP contribution in [0.25, 0.3) is 11.0 Å². The smallest absolute Gasteiger partial charge is 0.112 e. The Balaban J connectivity index is 1.50. The molecule has 0 atom stereocenters. The normalized spacial score (nSPS) is 15.7. The molecule has 3 rings (SSSR count). The van der Waals surface area contributed by atoms with Crippen LogP contribution in [-0.4, -0.2) is 29.2 Å². The molecule has 0 unspecified atom stereocenters. The quantitative estimate of drug-likeness (QED) is 0.795. The van der Waals surface area contributed by atoms with Crippen molar-refractivity contribution in [2.75, 3.05) is 18.5 Å². The van der Waals surface area contributed by atoms with Crippen molar-refractivity contribution < 1.29 is 4.74 Å². The van der Waals surface area contributed by atoms with Gasteiger partial charge in [-0.1, -0.05) is 12.8 Å². The first-order valence-corrected chi connectivity index (χ1v) is 8.38. The molecule has 0 bridgehead atoms. The van der Waals surface area contributed by atoms with Gasteiger partial charge in [-0.05, 0) is 47.3 Å². The molecule has 0 amide bonds. The second-order valence-electron chi connectivity index (χ2n) is 5.44. The van der Waals surface area contributed by atoms with Crippen LogP contribution in [0.15, 0.2) is 29.0 Å². The van der Waals surface area contributed by atoms with E-state index < -0.39 is 0 Å². The highest BCUT2D eigenvalue weighted by molar-refractivity contribution is 9.10. The number of fused-ring (bicyclic) bond motifs is 1. The molecule has 1 N–H and O–H groups in total. The van der Waals surface area contributed by atoms with E-state index in [1.54, 1.807) is 6.20 Å². The topological polar surface area (TPSA) is 47.0 Å². The van der Waals surface area contributed by atoms with E-state index in [1.165, 1.54) is 25.7 Å². The van der Waals surface area contributed by atoms with Crippen LogP contribution in [0.2, 0.25) is 0 Å². The minimum absolute atomic E-state index is 0.505. The lowest BCUT2D eigenvalue weighted by molar-refractivity contribution is 0.0583. The minimum atomic E-state index is 0.505. The molecule has 0 spiro atoms. The van der Waals surface area contributed by atoms with E-state index in [1.807, 2.05) is 18.3 Å². The van der Waals surface area contributed by atoms with Crippen LogP contribution in [0.1, 0.15) is 32.1 Å². The summed E-state index contributed by atoms with van der Waals surface area (Å²) < 4.78 is 6.82. The fourth-order valence-electron chi connectivity index (χ4n) is 2.75. The number of anilines is 1. The van der Waals surface area contributed by atoms with Gasteiger partial charge >= 0.3 is 0 Å². The molecular formula is C16H20BrN3O. The van der Waals surface area contributed by atoms with Crippen LogP contribution >= 0.6 is 15.9 Å². The van der Waals surface area contributed by atoms with Crippen LogP contribution in [0, 0.1) is 0 Å². The van der Waals surface area contributed by atoms with Crippen LogP contribution in [0.3, 0.4) is 0 Å². The highest BCUT2D eigenvalue weighted by atomic mass is 79.9. The second kappa shape index (κ2) is 7.18. The number of hydrogen-bond donors (Lipinski definition) is 1. The molecule has 0 aliphatic heterocycles. The first kappa shape index (κ1) is 14.7. The number of halogens is 1. The number of nitrogens with one attached hydrogen (secondary N) is 1. The van der Waals surface area contributed by atoms with Gasteiger partial charge < -0.3 is 10.1 Å². The van der Waals surface area contributed by atoms with Crippen LogP contribution < -0.4 is 5.32 Å². The van der Waals surface area contributed by atoms with Gasteiger partial charge in [-0.15, -0.1) is 0 Å². The zero-order valence-corrected chi connectivity index (χ0v) is 13.6. The first-order valence-electron chi connectivity index (χ1n) is 7.59. The zero-order valence-electron chi connectivity index (χ0n) is 12.0. The first-order chi connectivity index (χ1) is 10.3. The van der Waals surface area contributed by atoms with Crippen molar-refractivity contribution >= 4 is 32.7 Å². The summed E-state index contributed by atoms with van der Waals surface area (Å²) in [5.41, 5.74) is 2.85. The molecule has 0 radical (unpaired) electrons. The van der Waals surface area contributed by atoms with Gasteiger partial charge in [0.15, 0.2) is 0 Å². The number of hydrogen-bond acceptors (Lipinski definition) is 4. The van der Waals surface area contributed by atoms with Crippen molar-refractivity contribution in [2.45, 2.75) is 38.2 Å². The maximum Gasteiger partial charge on any atom is 0.112 e. The molecule has 1 aliphatic rings. The van der Waals surface area contributed by atoms with Crippen LogP contribution in [0.5, 0.6) is 0 Å². The molecule has 112 valence electrons. The number of pyridine rings is 2. The van der Waals surface area contributed by atoms with E-state index in [4.69, 9.17) is 4.74 Å². The SMILES string of the molecule is Brc1cnc2c(NCCCOC3CCCC3)ccnc2c1. The van der Waals surface area contributed by atoms with Gasteiger partial charge in [-0.25, -0.2) is 0 Å². The highest BCUT2D eigenvalue weighted by Gasteiger charge is 2.14. The molecular weight excluding hydrogens is 330 g/mol. The Morgan fingerprint density at radius 3 is 3.00 bits per heavy atom. The Morgan fingerprint density at radius 1 is 1.29 bits per heavy atom. The maximum absolute atomic E-state index is 5.87. The maximum atomic E-state index is 5.87. The third-order valence-electron chi connectivity index (χ3n) is 3.84. The van der Waals surface area contributed by atoms with Crippen molar-refractivity contribution in [3.05, 3.63) is 29.0 Å². The number of aromatic nitrogens is 2. The van der Waals surface area contributed by atoms with Crippen molar-refractivity contribution in [3.63, 3.8) is 0 Å². The largest absolute Gasteiger partial charge is 0.383 e. The molecule has 2 aromatic heterocycles. The molecule has 2 aromatic rings. The molecule has 0 saturated heterocycles. The lowest BCUT2D eigenvalue weighted by Gasteiger charge is -2.12. The standard InChI is InChI=1S/C16H20BrN3O/c17-12-10-15-16(20-11-12)14(6-8-19-15)18-7-3-9-21-13-4-1-2-5-13/h6,8,10-11,13H,1-5,7,9H2,(H,18,19). The summed E-state index contributed by atoms with van der Waals surface area (Å²) in [5, 5.41) is 3.43. The predicted octanol–water partition coefficient (Wildman–Crippen LogP) is 4.15. The summed E-state index contributed by atoms with van der Waals surface area (Å²) >= 11 is 3.42. The van der Waals surface area contributed by atoms with Gasteiger partial charge in [0.05, 0.1) is 17.3 Å². The summed E-state index contributed by atoms with van der Waals surface area (Å²) in [6, 6.07) is 3.96. The summed E-state index contributed by atoms with van der Waals surface area (Å²) in [7, 11) is 0. The monoisotopic (exact) mass is 349 g/mol. The molecule has 4 nitrogen and oxygen atoms in total. The second-order valence-corrected chi connectivity index (χ2v) is 6.35. The number of rotatable bonds is 6. The van der Waals surface area contributed by atoms with E-state index >= 15 is 0 Å². The van der Waals surface area contributed by atoms with Crippen molar-refractivity contribution in [1.82, 2.24) is 9.97 Å². The Morgan fingerprint density at radius 2 is 2.14 bits per heavy atom. The van der Waals surface area contributed by atoms with Crippen LogP contribution in [-0.2, 0) is 4.74 Å². The van der Waals surface area contributed by atoms with Gasteiger partial charge in [0.2, 0.25) is 0 Å². The molecule has 1 fully saturated rings. The Bertz CT molecular complexity index is 599. The van der Waals surface area contributed by atoms with Crippen molar-refractivity contribution in [3.8, 4) is 0 Å². The zero-order chi connectivity index (χ0) is 14.5. The molecule has 0 aromatic carbocycles. The fraction of sp³-hybridized carbons (Fsp3) is 0.500. The predicted molar refractivity (Wildman–Crippen MR) is 88.6 cm³/mol. The number of ether oxygens (including phenoxy) is 1. The van der Waals surface area contributed by atoms with Crippen LogP contribution in [0.4, 0.5) is 5.69 Å². The summed E-state index contributed by atoms with van der Waals surface area (Å²) in [6.07, 6.45) is 10.3. The summed E-state index contributed by atoms with van der Waals surface area (Å²) in [5.74, 6) is 0. The average molecular weight is 350 g/mol. The van der Waals surface area contributed by atoms with Gasteiger partial charge in [-0.2, -0.15) is 0 Å². The lowest BCUT2D eigenvalue weighted by atomic mass is 10.2. The Hall–Kier alpha value is -1.20. The molecule has 2 heterocycles. The average Bonchev–Trinajstić information content (AvgIpc) is 3.00. The van der Waals surface area contributed by atoms with Gasteiger partial charge in [0, 0.05) is 30.0 Å². The minimum Gasteiger partial charge on any atom is -0.383 e. The Labute approximate surface area is 133 Å². The van der Waals surface area contributed by atoms with E-state index in [0.29, 0.717) is 6.10 Å². The van der Waals surface area contributed by atoms with E-state index in [9.17, 15) is 0 Å². The van der Waals surface area contributed by atoms with Gasteiger partial charge in [0.1, 0.15) is 5.52 Å². The summed E-state index contributed by atoms with van der Waals surface area (Å²) in [6.45, 7) is 1.73. The van der Waals surface area contributed by atoms with Crippen molar-refractivity contribution in [1.29, 1.82) is 0 Å². The lowest BCUT2D eigenvalue weighted by Crippen LogP contribution is -2.12. The number of nitrogens with zero attached hydrogens (tertiary/aromatic N) is 2. The molecule has 1 saturated carbocycles.